The van der Waals surface area contributed by atoms with E-state index in [-0.39, 0.29) is 11.6 Å². The summed E-state index contributed by atoms with van der Waals surface area (Å²) >= 11 is 0. The van der Waals surface area contributed by atoms with Gasteiger partial charge in [-0.15, -0.1) is 0 Å². The molecular weight excluding hydrogens is 354 g/mol. The Balaban J connectivity index is 1.73. The highest BCUT2D eigenvalue weighted by molar-refractivity contribution is 5.92. The van der Waals surface area contributed by atoms with Gasteiger partial charge in [-0.2, -0.15) is 0 Å². The summed E-state index contributed by atoms with van der Waals surface area (Å²) in [6.45, 7) is 0.486. The van der Waals surface area contributed by atoms with E-state index in [0.717, 1.165) is 41.6 Å². The first kappa shape index (κ1) is 18.2. The maximum absolute atomic E-state index is 12.1. The van der Waals surface area contributed by atoms with Crippen LogP contribution in [0.4, 0.5) is 0 Å². The standard InChI is InChI=1S/C22H21N3O3/c1-25-11-10-22(28,21(25)27)9-8-14-4-2-6-16(12-14)19-17-7-3-5-15(17)13-18(24-19)20(23)26/h2,4,6,12-13,28H,3,5,7,10-11H2,1H3,(H2,23,26)/t22-/m0/s1. The van der Waals surface area contributed by atoms with Gasteiger partial charge in [0, 0.05) is 31.1 Å². The summed E-state index contributed by atoms with van der Waals surface area (Å²) in [6, 6.07) is 9.24. The number of rotatable bonds is 2. The number of aliphatic hydroxyl groups is 1. The number of pyridine rings is 1. The van der Waals surface area contributed by atoms with Crippen LogP contribution in [0.5, 0.6) is 0 Å². The van der Waals surface area contributed by atoms with Crippen LogP contribution in [0, 0.1) is 11.8 Å². The highest BCUT2D eigenvalue weighted by atomic mass is 16.3. The van der Waals surface area contributed by atoms with E-state index >= 15 is 0 Å². The molecule has 0 saturated carbocycles. The molecule has 3 N–H and O–H groups in total. The van der Waals surface area contributed by atoms with Crippen LogP contribution >= 0.6 is 0 Å². The van der Waals surface area contributed by atoms with Gasteiger partial charge < -0.3 is 15.7 Å². The van der Waals surface area contributed by atoms with Crippen LogP contribution in [-0.2, 0) is 17.6 Å². The molecule has 1 aromatic heterocycles. The van der Waals surface area contributed by atoms with Crippen molar-refractivity contribution in [3.8, 4) is 23.1 Å². The number of carbonyl (C=O) groups excluding carboxylic acids is 2. The quantitative estimate of drug-likeness (QED) is 0.773. The Morgan fingerprint density at radius 2 is 2.14 bits per heavy atom. The Bertz CT molecular complexity index is 1050. The number of aromatic nitrogens is 1. The number of hydrogen-bond donors (Lipinski definition) is 2. The highest BCUT2D eigenvalue weighted by Gasteiger charge is 2.42. The Hall–Kier alpha value is -3.17. The molecule has 0 unspecified atom stereocenters. The summed E-state index contributed by atoms with van der Waals surface area (Å²) in [6.07, 6.45) is 3.14. The molecule has 1 aliphatic heterocycles. The molecule has 1 aliphatic carbocycles. The largest absolute Gasteiger partial charge is 0.369 e. The average molecular weight is 375 g/mol. The fourth-order valence-electron chi connectivity index (χ4n) is 3.84. The number of amides is 2. The molecule has 0 bridgehead atoms. The van der Waals surface area contributed by atoms with Crippen molar-refractivity contribution in [3.63, 3.8) is 0 Å². The number of fused-ring (bicyclic) bond motifs is 1. The van der Waals surface area contributed by atoms with Gasteiger partial charge in [0.25, 0.3) is 11.8 Å². The summed E-state index contributed by atoms with van der Waals surface area (Å²) in [5, 5.41) is 10.5. The first-order valence-corrected chi connectivity index (χ1v) is 9.31. The molecule has 2 amide bonds. The lowest BCUT2D eigenvalue weighted by Crippen LogP contribution is -2.37. The van der Waals surface area contributed by atoms with Crippen molar-refractivity contribution in [2.24, 2.45) is 5.73 Å². The van der Waals surface area contributed by atoms with E-state index in [2.05, 4.69) is 16.8 Å². The van der Waals surface area contributed by atoms with Gasteiger partial charge in [-0.1, -0.05) is 24.0 Å². The van der Waals surface area contributed by atoms with E-state index in [1.807, 2.05) is 24.3 Å². The molecule has 142 valence electrons. The number of nitrogens with two attached hydrogens (primary N) is 1. The van der Waals surface area contributed by atoms with E-state index < -0.39 is 11.5 Å². The number of benzene rings is 1. The van der Waals surface area contributed by atoms with E-state index in [4.69, 9.17) is 5.73 Å². The van der Waals surface area contributed by atoms with E-state index in [0.29, 0.717) is 18.5 Å². The van der Waals surface area contributed by atoms with Crippen LogP contribution in [0.3, 0.4) is 0 Å². The number of likely N-dealkylation sites (N-methyl/N-ethyl adjacent to an activating group) is 1. The monoisotopic (exact) mass is 375 g/mol. The normalized spacial score (nSPS) is 20.6. The van der Waals surface area contributed by atoms with Gasteiger partial charge in [0.2, 0.25) is 5.60 Å². The van der Waals surface area contributed by atoms with Crippen LogP contribution in [0.1, 0.15) is 40.0 Å². The van der Waals surface area contributed by atoms with Crippen LogP contribution in [0.25, 0.3) is 11.3 Å². The van der Waals surface area contributed by atoms with Gasteiger partial charge in [0.05, 0.1) is 5.69 Å². The third kappa shape index (κ3) is 3.14. The molecule has 2 aromatic rings. The summed E-state index contributed by atoms with van der Waals surface area (Å²) in [5.41, 5.74) is 8.61. The van der Waals surface area contributed by atoms with Gasteiger partial charge in [0.15, 0.2) is 0 Å². The molecule has 6 heteroatoms. The van der Waals surface area contributed by atoms with E-state index in [1.165, 1.54) is 4.90 Å². The van der Waals surface area contributed by atoms with Crippen molar-refractivity contribution in [2.75, 3.05) is 13.6 Å². The van der Waals surface area contributed by atoms with Crippen LogP contribution in [0.2, 0.25) is 0 Å². The fraction of sp³-hybridized carbons (Fsp3) is 0.318. The molecule has 4 rings (SSSR count). The predicted molar refractivity (Wildman–Crippen MR) is 104 cm³/mol. The van der Waals surface area contributed by atoms with Crippen LogP contribution in [0.15, 0.2) is 30.3 Å². The Kier molecular flexibility index (Phi) is 4.40. The Morgan fingerprint density at radius 3 is 2.86 bits per heavy atom. The Morgan fingerprint density at radius 1 is 1.32 bits per heavy atom. The smallest absolute Gasteiger partial charge is 0.267 e. The topological polar surface area (TPSA) is 96.5 Å². The second-order valence-corrected chi connectivity index (χ2v) is 7.38. The maximum atomic E-state index is 12.1. The summed E-state index contributed by atoms with van der Waals surface area (Å²) < 4.78 is 0. The zero-order chi connectivity index (χ0) is 19.9. The van der Waals surface area contributed by atoms with Crippen LogP contribution in [-0.4, -0.2) is 46.0 Å². The summed E-state index contributed by atoms with van der Waals surface area (Å²) in [7, 11) is 1.65. The first-order valence-electron chi connectivity index (χ1n) is 9.31. The zero-order valence-corrected chi connectivity index (χ0v) is 15.7. The molecule has 1 saturated heterocycles. The van der Waals surface area contributed by atoms with Crippen molar-refractivity contribution in [3.05, 3.63) is 52.7 Å². The van der Waals surface area contributed by atoms with Crippen molar-refractivity contribution < 1.29 is 14.7 Å². The van der Waals surface area contributed by atoms with Crippen molar-refractivity contribution >= 4 is 11.8 Å². The van der Waals surface area contributed by atoms with Gasteiger partial charge >= 0.3 is 0 Å². The van der Waals surface area contributed by atoms with Gasteiger partial charge in [0.1, 0.15) is 5.69 Å². The number of hydrogen-bond acceptors (Lipinski definition) is 4. The van der Waals surface area contributed by atoms with E-state index in [9.17, 15) is 14.7 Å². The highest BCUT2D eigenvalue weighted by Crippen LogP contribution is 2.32. The Labute approximate surface area is 163 Å². The number of primary amides is 1. The second kappa shape index (κ2) is 6.77. The lowest BCUT2D eigenvalue weighted by molar-refractivity contribution is -0.137. The molecular formula is C22H21N3O3. The first-order chi connectivity index (χ1) is 13.4. The minimum atomic E-state index is -1.63. The molecule has 2 heterocycles. The minimum Gasteiger partial charge on any atom is -0.369 e. The third-order valence-electron chi connectivity index (χ3n) is 5.40. The van der Waals surface area contributed by atoms with Crippen molar-refractivity contribution in [1.29, 1.82) is 0 Å². The lowest BCUT2D eigenvalue weighted by Gasteiger charge is -2.13. The van der Waals surface area contributed by atoms with Gasteiger partial charge in [-0.3, -0.25) is 9.59 Å². The zero-order valence-electron chi connectivity index (χ0n) is 15.7. The number of nitrogens with zero attached hydrogens (tertiary/aromatic N) is 2. The maximum Gasteiger partial charge on any atom is 0.267 e. The number of carbonyl (C=O) groups is 2. The minimum absolute atomic E-state index is 0.265. The molecule has 1 aromatic carbocycles. The lowest BCUT2D eigenvalue weighted by atomic mass is 9.99. The number of aryl methyl sites for hydroxylation is 1. The average Bonchev–Trinajstić information content (AvgIpc) is 3.27. The SMILES string of the molecule is CN1CC[C@@](O)(C#Cc2cccc(-c3nc(C(N)=O)cc4c3CCC4)c2)C1=O. The van der Waals surface area contributed by atoms with E-state index in [1.54, 1.807) is 13.1 Å². The number of likely N-dealkylation sites (tertiary alicyclic amines) is 1. The van der Waals surface area contributed by atoms with Crippen molar-refractivity contribution in [2.45, 2.75) is 31.3 Å². The molecule has 28 heavy (non-hydrogen) atoms. The fourth-order valence-corrected chi connectivity index (χ4v) is 3.84. The molecule has 6 nitrogen and oxygen atoms in total. The van der Waals surface area contributed by atoms with Gasteiger partial charge in [-0.25, -0.2) is 4.98 Å². The molecule has 0 radical (unpaired) electrons. The molecule has 1 atom stereocenters. The van der Waals surface area contributed by atoms with Crippen molar-refractivity contribution in [1.82, 2.24) is 9.88 Å². The summed E-state index contributed by atoms with van der Waals surface area (Å²) in [4.78, 5) is 29.7. The summed E-state index contributed by atoms with van der Waals surface area (Å²) in [5.74, 6) is 4.75. The van der Waals surface area contributed by atoms with Gasteiger partial charge in [-0.05, 0) is 48.6 Å². The van der Waals surface area contributed by atoms with Crippen LogP contribution < -0.4 is 5.73 Å². The predicted octanol–water partition coefficient (Wildman–Crippen LogP) is 1.28. The second-order valence-electron chi connectivity index (χ2n) is 7.38. The third-order valence-corrected chi connectivity index (χ3v) is 5.40. The molecule has 1 fully saturated rings. The molecule has 2 aliphatic rings. The molecule has 0 spiro atoms.